The van der Waals surface area contributed by atoms with Gasteiger partial charge in [-0.2, -0.15) is 5.26 Å². The van der Waals surface area contributed by atoms with E-state index < -0.39 is 0 Å². The highest BCUT2D eigenvalue weighted by Crippen LogP contribution is 2.20. The largest absolute Gasteiger partial charge is 0.460 e. The Kier molecular flexibility index (Phi) is 3.06. The first kappa shape index (κ1) is 11.1. The summed E-state index contributed by atoms with van der Waals surface area (Å²) in [7, 11) is 1.80. The van der Waals surface area contributed by atoms with Gasteiger partial charge in [0, 0.05) is 7.05 Å². The molecule has 0 N–H and O–H groups in total. The number of furan rings is 1. The summed E-state index contributed by atoms with van der Waals surface area (Å²) in [4.78, 5) is 1.73. The Balaban J connectivity index is 2.21. The number of aryl methyl sites for hydroxylation is 1. The molecule has 0 aliphatic rings. The highest BCUT2D eigenvalue weighted by atomic mass is 16.3. The summed E-state index contributed by atoms with van der Waals surface area (Å²) in [6.07, 6.45) is 0. The highest BCUT2D eigenvalue weighted by molar-refractivity contribution is 5.53. The summed E-state index contributed by atoms with van der Waals surface area (Å²) in [5.74, 6) is 2.20. The van der Waals surface area contributed by atoms with Crippen LogP contribution in [0.25, 0.3) is 11.5 Å². The van der Waals surface area contributed by atoms with E-state index in [-0.39, 0.29) is 6.54 Å². The molecule has 0 aromatic carbocycles. The zero-order valence-corrected chi connectivity index (χ0v) is 9.71. The van der Waals surface area contributed by atoms with Gasteiger partial charge in [-0.15, -0.1) is 10.2 Å². The number of anilines is 1. The maximum atomic E-state index is 8.58. The van der Waals surface area contributed by atoms with Crippen molar-refractivity contribution in [3.8, 4) is 17.5 Å². The van der Waals surface area contributed by atoms with Crippen LogP contribution in [0, 0.1) is 18.3 Å². The van der Waals surface area contributed by atoms with E-state index in [4.69, 9.17) is 9.68 Å². The number of hydrogen-bond donors (Lipinski definition) is 0. The lowest BCUT2D eigenvalue weighted by Crippen LogP contribution is -2.18. The lowest BCUT2D eigenvalue weighted by atomic mass is 10.3. The van der Waals surface area contributed by atoms with Crippen LogP contribution < -0.4 is 4.90 Å². The summed E-state index contributed by atoms with van der Waals surface area (Å²) in [5.41, 5.74) is 0.687. The van der Waals surface area contributed by atoms with Crippen molar-refractivity contribution in [3.63, 3.8) is 0 Å². The Morgan fingerprint density at radius 1 is 1.29 bits per heavy atom. The van der Waals surface area contributed by atoms with Crippen LogP contribution in [0.1, 0.15) is 5.76 Å². The molecular formula is C12H12N4O. The third-order valence-electron chi connectivity index (χ3n) is 2.34. The van der Waals surface area contributed by atoms with Gasteiger partial charge in [-0.1, -0.05) is 0 Å². The van der Waals surface area contributed by atoms with Crippen LogP contribution in [0.4, 0.5) is 5.82 Å². The van der Waals surface area contributed by atoms with Crippen molar-refractivity contribution >= 4 is 5.82 Å². The average Bonchev–Trinajstić information content (AvgIpc) is 2.76. The predicted molar refractivity (Wildman–Crippen MR) is 63.4 cm³/mol. The molecule has 2 aromatic rings. The molecule has 0 saturated heterocycles. The van der Waals surface area contributed by atoms with Gasteiger partial charge in [0.25, 0.3) is 0 Å². The first-order valence-electron chi connectivity index (χ1n) is 5.19. The third-order valence-corrected chi connectivity index (χ3v) is 2.34. The quantitative estimate of drug-likeness (QED) is 0.752. The van der Waals surface area contributed by atoms with Gasteiger partial charge in [0.1, 0.15) is 18.0 Å². The Bertz CT molecular complexity index is 538. The second-order valence-electron chi connectivity index (χ2n) is 3.70. The van der Waals surface area contributed by atoms with Crippen molar-refractivity contribution in [2.75, 3.05) is 18.5 Å². The van der Waals surface area contributed by atoms with Crippen LogP contribution in [0.2, 0.25) is 0 Å². The number of hydrogen-bond acceptors (Lipinski definition) is 5. The zero-order chi connectivity index (χ0) is 12.3. The fraction of sp³-hybridized carbons (Fsp3) is 0.250. The number of rotatable bonds is 3. The predicted octanol–water partition coefficient (Wildman–Crippen LogP) is 2.00. The van der Waals surface area contributed by atoms with E-state index in [0.717, 1.165) is 5.76 Å². The molecule has 0 radical (unpaired) electrons. The van der Waals surface area contributed by atoms with Crippen molar-refractivity contribution in [3.05, 3.63) is 30.0 Å². The van der Waals surface area contributed by atoms with E-state index in [0.29, 0.717) is 17.3 Å². The first-order chi connectivity index (χ1) is 8.20. The zero-order valence-electron chi connectivity index (χ0n) is 9.71. The molecule has 2 rings (SSSR count). The summed E-state index contributed by atoms with van der Waals surface area (Å²) in [6.45, 7) is 2.17. The minimum Gasteiger partial charge on any atom is -0.460 e. The molecule has 2 aromatic heterocycles. The van der Waals surface area contributed by atoms with Gasteiger partial charge in [0.2, 0.25) is 0 Å². The fourth-order valence-corrected chi connectivity index (χ4v) is 1.42. The molecule has 0 saturated carbocycles. The summed E-state index contributed by atoms with van der Waals surface area (Å²) >= 11 is 0. The van der Waals surface area contributed by atoms with E-state index in [9.17, 15) is 0 Å². The van der Waals surface area contributed by atoms with E-state index in [1.54, 1.807) is 11.9 Å². The Hall–Kier alpha value is -2.35. The second kappa shape index (κ2) is 4.66. The van der Waals surface area contributed by atoms with Crippen LogP contribution in [-0.2, 0) is 0 Å². The van der Waals surface area contributed by atoms with E-state index in [1.807, 2.05) is 31.2 Å². The SMILES string of the molecule is Cc1ccc(-c2ccc(N(C)CC#N)nn2)o1. The van der Waals surface area contributed by atoms with Gasteiger partial charge >= 0.3 is 0 Å². The number of aromatic nitrogens is 2. The molecule has 2 heterocycles. The van der Waals surface area contributed by atoms with Gasteiger partial charge in [-0.05, 0) is 31.2 Å². The molecule has 0 aliphatic heterocycles. The Labute approximate surface area is 99.3 Å². The van der Waals surface area contributed by atoms with E-state index in [1.165, 1.54) is 0 Å². The molecule has 0 unspecified atom stereocenters. The van der Waals surface area contributed by atoms with Gasteiger partial charge < -0.3 is 9.32 Å². The Morgan fingerprint density at radius 3 is 2.65 bits per heavy atom. The lowest BCUT2D eigenvalue weighted by molar-refractivity contribution is 0.545. The molecule has 5 nitrogen and oxygen atoms in total. The number of nitrogens with zero attached hydrogens (tertiary/aromatic N) is 4. The average molecular weight is 228 g/mol. The van der Waals surface area contributed by atoms with Crippen LogP contribution in [-0.4, -0.2) is 23.8 Å². The smallest absolute Gasteiger partial charge is 0.154 e. The normalized spacial score (nSPS) is 9.94. The van der Waals surface area contributed by atoms with Gasteiger partial charge in [0.05, 0.1) is 6.07 Å². The monoisotopic (exact) mass is 228 g/mol. The Morgan fingerprint density at radius 2 is 2.12 bits per heavy atom. The molecule has 0 spiro atoms. The third kappa shape index (κ3) is 2.42. The van der Waals surface area contributed by atoms with Gasteiger partial charge in [0.15, 0.2) is 11.6 Å². The summed E-state index contributed by atoms with van der Waals surface area (Å²) in [6, 6.07) is 9.44. The molecule has 5 heteroatoms. The first-order valence-corrected chi connectivity index (χ1v) is 5.19. The topological polar surface area (TPSA) is 66.0 Å². The standard InChI is InChI=1S/C12H12N4O/c1-9-3-5-11(17-9)10-4-6-12(15-14-10)16(2)8-7-13/h3-6H,8H2,1-2H3. The van der Waals surface area contributed by atoms with Crippen molar-refractivity contribution < 1.29 is 4.42 Å². The maximum absolute atomic E-state index is 8.58. The minimum atomic E-state index is 0.286. The molecular weight excluding hydrogens is 216 g/mol. The van der Waals surface area contributed by atoms with Crippen LogP contribution >= 0.6 is 0 Å². The summed E-state index contributed by atoms with van der Waals surface area (Å²) in [5, 5.41) is 16.7. The van der Waals surface area contributed by atoms with Crippen molar-refractivity contribution in [2.45, 2.75) is 6.92 Å². The van der Waals surface area contributed by atoms with Crippen molar-refractivity contribution in [2.24, 2.45) is 0 Å². The second-order valence-corrected chi connectivity index (χ2v) is 3.70. The fourth-order valence-electron chi connectivity index (χ4n) is 1.42. The van der Waals surface area contributed by atoms with Crippen molar-refractivity contribution in [1.29, 1.82) is 5.26 Å². The minimum absolute atomic E-state index is 0.286. The lowest BCUT2D eigenvalue weighted by Gasteiger charge is -2.12. The van der Waals surface area contributed by atoms with Gasteiger partial charge in [-0.25, -0.2) is 0 Å². The highest BCUT2D eigenvalue weighted by Gasteiger charge is 2.07. The molecule has 17 heavy (non-hydrogen) atoms. The van der Waals surface area contributed by atoms with Crippen LogP contribution in [0.5, 0.6) is 0 Å². The molecule has 0 amide bonds. The van der Waals surface area contributed by atoms with E-state index >= 15 is 0 Å². The van der Waals surface area contributed by atoms with Crippen LogP contribution in [0.3, 0.4) is 0 Å². The summed E-state index contributed by atoms with van der Waals surface area (Å²) < 4.78 is 5.45. The molecule has 0 bridgehead atoms. The maximum Gasteiger partial charge on any atom is 0.154 e. The molecule has 0 fully saturated rings. The van der Waals surface area contributed by atoms with E-state index in [2.05, 4.69) is 16.3 Å². The molecule has 0 aliphatic carbocycles. The van der Waals surface area contributed by atoms with Crippen molar-refractivity contribution in [1.82, 2.24) is 10.2 Å². The number of nitriles is 1. The molecule has 86 valence electrons. The van der Waals surface area contributed by atoms with Crippen LogP contribution in [0.15, 0.2) is 28.7 Å². The van der Waals surface area contributed by atoms with Gasteiger partial charge in [-0.3, -0.25) is 0 Å². The molecule has 0 atom stereocenters.